The molecule has 0 aromatic rings. The maximum absolute atomic E-state index is 12.6. The van der Waals surface area contributed by atoms with Crippen LogP contribution in [0.3, 0.4) is 0 Å². The van der Waals surface area contributed by atoms with Gasteiger partial charge in [-0.25, -0.2) is 0 Å². The third-order valence-corrected chi connectivity index (χ3v) is 4.42. The number of nitrogens with zero attached hydrogens (tertiary/aromatic N) is 1. The maximum Gasteiger partial charge on any atom is 0.229 e. The maximum atomic E-state index is 12.6. The van der Waals surface area contributed by atoms with Crippen LogP contribution < -0.4 is 5.32 Å². The molecule has 1 amide bonds. The zero-order valence-electron chi connectivity index (χ0n) is 12.1. The number of piperidine rings is 2. The Morgan fingerprint density at radius 2 is 2.11 bits per heavy atom. The minimum atomic E-state index is -0.174. The van der Waals surface area contributed by atoms with Gasteiger partial charge in [-0.05, 0) is 45.1 Å². The van der Waals surface area contributed by atoms with E-state index in [0.717, 1.165) is 58.5 Å². The quantitative estimate of drug-likeness (QED) is 0.860. The van der Waals surface area contributed by atoms with E-state index >= 15 is 0 Å². The number of methoxy groups -OCH3 is 1. The first-order chi connectivity index (χ1) is 8.65. The molecule has 2 fully saturated rings. The summed E-state index contributed by atoms with van der Waals surface area (Å²) in [6, 6.07) is 0. The standard InChI is InChI=1S/C14H26N2O2.ClH/c1-14(6-3-7-15-11-14)13(17)16-8-4-12(5-9-16)10-18-2;/h12,15H,3-11H2,1-2H3;1H. The van der Waals surface area contributed by atoms with Crippen molar-refractivity contribution in [2.24, 2.45) is 11.3 Å². The van der Waals surface area contributed by atoms with E-state index in [-0.39, 0.29) is 17.8 Å². The molecule has 0 aromatic heterocycles. The molecule has 4 nitrogen and oxygen atoms in total. The molecular formula is C14H27ClN2O2. The van der Waals surface area contributed by atoms with Crippen LogP contribution in [0.25, 0.3) is 0 Å². The van der Waals surface area contributed by atoms with Crippen molar-refractivity contribution in [1.29, 1.82) is 0 Å². The van der Waals surface area contributed by atoms with Crippen LogP contribution in [0.15, 0.2) is 0 Å². The number of likely N-dealkylation sites (tertiary alicyclic amines) is 1. The summed E-state index contributed by atoms with van der Waals surface area (Å²) in [5.74, 6) is 0.988. The smallest absolute Gasteiger partial charge is 0.229 e. The molecule has 0 radical (unpaired) electrons. The number of amides is 1. The highest BCUT2D eigenvalue weighted by molar-refractivity contribution is 5.85. The molecule has 2 rings (SSSR count). The average molecular weight is 291 g/mol. The van der Waals surface area contributed by atoms with Crippen molar-refractivity contribution in [3.8, 4) is 0 Å². The van der Waals surface area contributed by atoms with Gasteiger partial charge in [0, 0.05) is 33.4 Å². The molecule has 2 aliphatic rings. The van der Waals surface area contributed by atoms with Crippen molar-refractivity contribution in [3.63, 3.8) is 0 Å². The Hall–Kier alpha value is -0.320. The van der Waals surface area contributed by atoms with E-state index in [1.165, 1.54) is 0 Å². The lowest BCUT2D eigenvalue weighted by Gasteiger charge is -2.40. The van der Waals surface area contributed by atoms with Gasteiger partial charge in [0.05, 0.1) is 5.41 Å². The molecule has 0 saturated carbocycles. The molecule has 2 saturated heterocycles. The van der Waals surface area contributed by atoms with E-state index < -0.39 is 0 Å². The van der Waals surface area contributed by atoms with E-state index in [4.69, 9.17) is 4.74 Å². The van der Waals surface area contributed by atoms with Crippen LogP contribution in [0.2, 0.25) is 0 Å². The van der Waals surface area contributed by atoms with Gasteiger partial charge in [0.2, 0.25) is 5.91 Å². The molecule has 1 unspecified atom stereocenters. The molecule has 0 aliphatic carbocycles. The van der Waals surface area contributed by atoms with Gasteiger partial charge in [-0.3, -0.25) is 4.79 Å². The summed E-state index contributed by atoms with van der Waals surface area (Å²) in [6.07, 6.45) is 4.31. The van der Waals surface area contributed by atoms with Gasteiger partial charge < -0.3 is 15.0 Å². The highest BCUT2D eigenvalue weighted by Gasteiger charge is 2.38. The van der Waals surface area contributed by atoms with Crippen LogP contribution >= 0.6 is 12.4 Å². The van der Waals surface area contributed by atoms with Gasteiger partial charge >= 0.3 is 0 Å². The van der Waals surface area contributed by atoms with Crippen LogP contribution in [-0.4, -0.2) is 50.7 Å². The minimum absolute atomic E-state index is 0. The van der Waals surface area contributed by atoms with Crippen molar-refractivity contribution in [1.82, 2.24) is 10.2 Å². The number of carbonyl (C=O) groups excluding carboxylic acids is 1. The number of nitrogens with one attached hydrogen (secondary N) is 1. The predicted octanol–water partition coefficient (Wildman–Crippen LogP) is 1.68. The first kappa shape index (κ1) is 16.7. The Morgan fingerprint density at radius 3 is 2.63 bits per heavy atom. The first-order valence-electron chi connectivity index (χ1n) is 7.15. The summed E-state index contributed by atoms with van der Waals surface area (Å²) in [7, 11) is 1.76. The number of hydrogen-bond acceptors (Lipinski definition) is 3. The summed E-state index contributed by atoms with van der Waals surface area (Å²) in [6.45, 7) is 6.65. The third kappa shape index (κ3) is 4.07. The van der Waals surface area contributed by atoms with E-state index in [2.05, 4.69) is 17.1 Å². The highest BCUT2D eigenvalue weighted by atomic mass is 35.5. The second kappa shape index (κ2) is 7.46. The number of rotatable bonds is 3. The highest BCUT2D eigenvalue weighted by Crippen LogP contribution is 2.30. The van der Waals surface area contributed by atoms with Gasteiger partial charge in [0.15, 0.2) is 0 Å². The van der Waals surface area contributed by atoms with E-state index in [0.29, 0.717) is 11.8 Å². The van der Waals surface area contributed by atoms with Crippen molar-refractivity contribution < 1.29 is 9.53 Å². The topological polar surface area (TPSA) is 41.6 Å². The Bertz CT molecular complexity index is 285. The summed E-state index contributed by atoms with van der Waals surface area (Å²) in [5.41, 5.74) is -0.174. The fourth-order valence-electron chi connectivity index (χ4n) is 3.16. The third-order valence-electron chi connectivity index (χ3n) is 4.42. The lowest BCUT2D eigenvalue weighted by molar-refractivity contribution is -0.144. The molecule has 1 atom stereocenters. The Balaban J connectivity index is 0.00000180. The largest absolute Gasteiger partial charge is 0.384 e. The molecule has 19 heavy (non-hydrogen) atoms. The van der Waals surface area contributed by atoms with Crippen LogP contribution in [0, 0.1) is 11.3 Å². The molecule has 1 N–H and O–H groups in total. The van der Waals surface area contributed by atoms with Crippen LogP contribution in [0.1, 0.15) is 32.6 Å². The van der Waals surface area contributed by atoms with Gasteiger partial charge in [0.1, 0.15) is 0 Å². The lowest BCUT2D eigenvalue weighted by atomic mass is 9.80. The molecule has 2 heterocycles. The van der Waals surface area contributed by atoms with Gasteiger partial charge in [-0.15, -0.1) is 12.4 Å². The van der Waals surface area contributed by atoms with Crippen molar-refractivity contribution in [3.05, 3.63) is 0 Å². The molecule has 2 aliphatic heterocycles. The summed E-state index contributed by atoms with van der Waals surface area (Å²) >= 11 is 0. The van der Waals surface area contributed by atoms with Crippen molar-refractivity contribution >= 4 is 18.3 Å². The van der Waals surface area contributed by atoms with Crippen molar-refractivity contribution in [2.45, 2.75) is 32.6 Å². The van der Waals surface area contributed by atoms with Crippen molar-refractivity contribution in [2.75, 3.05) is 39.9 Å². The second-order valence-electron chi connectivity index (χ2n) is 6.03. The molecule has 0 aromatic carbocycles. The summed E-state index contributed by atoms with van der Waals surface area (Å²) in [5, 5.41) is 3.36. The van der Waals surface area contributed by atoms with E-state index in [9.17, 15) is 4.79 Å². The minimum Gasteiger partial charge on any atom is -0.384 e. The fraction of sp³-hybridized carbons (Fsp3) is 0.929. The Labute approximate surface area is 122 Å². The zero-order valence-corrected chi connectivity index (χ0v) is 12.9. The van der Waals surface area contributed by atoms with E-state index in [1.54, 1.807) is 7.11 Å². The monoisotopic (exact) mass is 290 g/mol. The molecule has 0 spiro atoms. The Kier molecular flexibility index (Phi) is 6.57. The first-order valence-corrected chi connectivity index (χ1v) is 7.15. The fourth-order valence-corrected chi connectivity index (χ4v) is 3.16. The van der Waals surface area contributed by atoms with Crippen LogP contribution in [-0.2, 0) is 9.53 Å². The average Bonchev–Trinajstić information content (AvgIpc) is 2.40. The normalized spacial score (nSPS) is 28.8. The van der Waals surface area contributed by atoms with Gasteiger partial charge in [-0.2, -0.15) is 0 Å². The van der Waals surface area contributed by atoms with E-state index in [1.807, 2.05) is 0 Å². The summed E-state index contributed by atoms with van der Waals surface area (Å²) in [4.78, 5) is 14.7. The van der Waals surface area contributed by atoms with Crippen LogP contribution in [0.4, 0.5) is 0 Å². The number of carbonyl (C=O) groups is 1. The van der Waals surface area contributed by atoms with Gasteiger partial charge in [-0.1, -0.05) is 0 Å². The molecular weight excluding hydrogens is 264 g/mol. The molecule has 0 bridgehead atoms. The second-order valence-corrected chi connectivity index (χ2v) is 6.03. The molecule has 112 valence electrons. The molecule has 5 heteroatoms. The SMILES string of the molecule is COCC1CCN(C(=O)C2(C)CCCNC2)CC1.Cl. The number of ether oxygens (including phenoxy) is 1. The lowest BCUT2D eigenvalue weighted by Crippen LogP contribution is -2.52. The van der Waals surface area contributed by atoms with Gasteiger partial charge in [0.25, 0.3) is 0 Å². The summed E-state index contributed by atoms with van der Waals surface area (Å²) < 4.78 is 5.20. The number of hydrogen-bond donors (Lipinski definition) is 1. The predicted molar refractivity (Wildman–Crippen MR) is 78.6 cm³/mol. The zero-order chi connectivity index (χ0) is 13.0. The van der Waals surface area contributed by atoms with Crippen LogP contribution in [0.5, 0.6) is 0 Å². The number of halogens is 1. The Morgan fingerprint density at radius 1 is 1.42 bits per heavy atom.